The van der Waals surface area contributed by atoms with E-state index in [0.717, 1.165) is 13.1 Å². The predicted molar refractivity (Wildman–Crippen MR) is 74.3 cm³/mol. The van der Waals surface area contributed by atoms with Crippen molar-refractivity contribution in [1.82, 2.24) is 10.2 Å². The standard InChI is InChI=1S/C14H20N2S/c1-4-7-15-10-11(2)16-8-5-14-13(12(16)3)6-9-17-14/h1,6,9,11-12,15H,5,7-8,10H2,2-3H3. The Bertz CT molecular complexity index is 405. The van der Waals surface area contributed by atoms with Crippen molar-refractivity contribution in [2.75, 3.05) is 19.6 Å². The zero-order chi connectivity index (χ0) is 12.3. The number of thiophene rings is 1. The summed E-state index contributed by atoms with van der Waals surface area (Å²) in [5.41, 5.74) is 1.52. The van der Waals surface area contributed by atoms with Crippen LogP contribution in [0.2, 0.25) is 0 Å². The molecule has 0 saturated heterocycles. The van der Waals surface area contributed by atoms with E-state index in [1.807, 2.05) is 11.3 Å². The maximum Gasteiger partial charge on any atom is 0.0574 e. The number of hydrogen-bond acceptors (Lipinski definition) is 3. The Balaban J connectivity index is 1.97. The second-order valence-corrected chi connectivity index (χ2v) is 5.65. The van der Waals surface area contributed by atoms with Gasteiger partial charge in [0.1, 0.15) is 0 Å². The normalized spacial score (nSPS) is 21.8. The van der Waals surface area contributed by atoms with Crippen LogP contribution in [-0.4, -0.2) is 30.6 Å². The van der Waals surface area contributed by atoms with E-state index in [0.29, 0.717) is 18.6 Å². The van der Waals surface area contributed by atoms with E-state index in [1.54, 1.807) is 4.88 Å². The van der Waals surface area contributed by atoms with Gasteiger partial charge in [0, 0.05) is 30.1 Å². The minimum absolute atomic E-state index is 0.534. The highest BCUT2D eigenvalue weighted by Crippen LogP contribution is 2.33. The number of nitrogens with one attached hydrogen (secondary N) is 1. The van der Waals surface area contributed by atoms with Crippen LogP contribution >= 0.6 is 11.3 Å². The summed E-state index contributed by atoms with van der Waals surface area (Å²) in [5.74, 6) is 2.62. The summed E-state index contributed by atoms with van der Waals surface area (Å²) in [6.45, 7) is 7.37. The Labute approximate surface area is 108 Å². The lowest BCUT2D eigenvalue weighted by Crippen LogP contribution is -2.44. The van der Waals surface area contributed by atoms with Crippen LogP contribution in [0.5, 0.6) is 0 Å². The maximum atomic E-state index is 5.25. The van der Waals surface area contributed by atoms with E-state index in [2.05, 4.69) is 41.4 Å². The third-order valence-corrected chi connectivity index (χ3v) is 4.55. The predicted octanol–water partition coefficient (Wildman–Crippen LogP) is 2.28. The van der Waals surface area contributed by atoms with E-state index >= 15 is 0 Å². The summed E-state index contributed by atoms with van der Waals surface area (Å²) in [6, 6.07) is 3.34. The molecular weight excluding hydrogens is 228 g/mol. The van der Waals surface area contributed by atoms with Crippen molar-refractivity contribution in [3.05, 3.63) is 21.9 Å². The average Bonchev–Trinajstić information content (AvgIpc) is 2.78. The monoisotopic (exact) mass is 248 g/mol. The van der Waals surface area contributed by atoms with Crippen LogP contribution in [0, 0.1) is 12.3 Å². The van der Waals surface area contributed by atoms with Crippen molar-refractivity contribution < 1.29 is 0 Å². The Morgan fingerprint density at radius 3 is 3.29 bits per heavy atom. The van der Waals surface area contributed by atoms with Crippen molar-refractivity contribution in [2.45, 2.75) is 32.4 Å². The third kappa shape index (κ3) is 2.71. The Morgan fingerprint density at radius 1 is 1.71 bits per heavy atom. The minimum atomic E-state index is 0.534. The molecule has 3 heteroatoms. The van der Waals surface area contributed by atoms with Gasteiger partial charge in [0.05, 0.1) is 6.54 Å². The van der Waals surface area contributed by atoms with Crippen molar-refractivity contribution in [1.29, 1.82) is 0 Å². The highest BCUT2D eigenvalue weighted by molar-refractivity contribution is 7.10. The van der Waals surface area contributed by atoms with Crippen molar-refractivity contribution in [3.63, 3.8) is 0 Å². The van der Waals surface area contributed by atoms with E-state index < -0.39 is 0 Å². The smallest absolute Gasteiger partial charge is 0.0574 e. The molecule has 1 N–H and O–H groups in total. The van der Waals surface area contributed by atoms with E-state index in [-0.39, 0.29) is 0 Å². The van der Waals surface area contributed by atoms with Gasteiger partial charge in [-0.1, -0.05) is 5.92 Å². The molecule has 0 radical (unpaired) electrons. The molecule has 2 rings (SSSR count). The molecule has 0 bridgehead atoms. The van der Waals surface area contributed by atoms with Gasteiger partial charge in [-0.25, -0.2) is 0 Å². The summed E-state index contributed by atoms with van der Waals surface area (Å²) in [7, 11) is 0. The molecule has 0 fully saturated rings. The Kier molecular flexibility index (Phi) is 4.22. The molecule has 1 aliphatic rings. The lowest BCUT2D eigenvalue weighted by Gasteiger charge is -2.38. The molecule has 0 saturated carbocycles. The summed E-state index contributed by atoms with van der Waals surface area (Å²) in [4.78, 5) is 4.14. The van der Waals surface area contributed by atoms with Crippen molar-refractivity contribution in [2.24, 2.45) is 0 Å². The summed E-state index contributed by atoms with van der Waals surface area (Å²) >= 11 is 1.90. The second-order valence-electron chi connectivity index (χ2n) is 4.65. The fraction of sp³-hybridized carbons (Fsp3) is 0.571. The molecular formula is C14H20N2S. The highest BCUT2D eigenvalue weighted by atomic mass is 32.1. The van der Waals surface area contributed by atoms with Crippen LogP contribution < -0.4 is 5.32 Å². The lowest BCUT2D eigenvalue weighted by atomic mass is 9.99. The average molecular weight is 248 g/mol. The quantitative estimate of drug-likeness (QED) is 0.649. The van der Waals surface area contributed by atoms with Gasteiger partial charge in [0.25, 0.3) is 0 Å². The first-order chi connectivity index (χ1) is 8.24. The Hall–Kier alpha value is -0.820. The van der Waals surface area contributed by atoms with Gasteiger partial charge in [-0.15, -0.1) is 17.8 Å². The van der Waals surface area contributed by atoms with Gasteiger partial charge in [-0.2, -0.15) is 0 Å². The molecule has 1 aromatic rings. The first-order valence-corrected chi connectivity index (χ1v) is 7.08. The molecule has 1 aliphatic heterocycles. The third-order valence-electron chi connectivity index (χ3n) is 3.56. The number of nitrogens with zero attached hydrogens (tertiary/aromatic N) is 1. The lowest BCUT2D eigenvalue weighted by molar-refractivity contribution is 0.144. The molecule has 0 aliphatic carbocycles. The number of rotatable bonds is 4. The van der Waals surface area contributed by atoms with Crippen LogP contribution in [0.1, 0.15) is 30.3 Å². The number of fused-ring (bicyclic) bond motifs is 1. The van der Waals surface area contributed by atoms with Crippen LogP contribution in [0.15, 0.2) is 11.4 Å². The van der Waals surface area contributed by atoms with Crippen LogP contribution in [0.4, 0.5) is 0 Å². The largest absolute Gasteiger partial charge is 0.305 e. The second kappa shape index (κ2) is 5.68. The number of terminal acetylenes is 1. The fourth-order valence-electron chi connectivity index (χ4n) is 2.60. The molecule has 2 unspecified atom stereocenters. The summed E-state index contributed by atoms with van der Waals surface area (Å²) in [5, 5.41) is 5.51. The highest BCUT2D eigenvalue weighted by Gasteiger charge is 2.27. The maximum absolute atomic E-state index is 5.25. The molecule has 0 aromatic carbocycles. The zero-order valence-electron chi connectivity index (χ0n) is 10.6. The van der Waals surface area contributed by atoms with Crippen LogP contribution in [0.3, 0.4) is 0 Å². The van der Waals surface area contributed by atoms with E-state index in [4.69, 9.17) is 6.42 Å². The molecule has 2 nitrogen and oxygen atoms in total. The summed E-state index contributed by atoms with van der Waals surface area (Å²) in [6.07, 6.45) is 6.44. The van der Waals surface area contributed by atoms with Crippen molar-refractivity contribution in [3.8, 4) is 12.3 Å². The van der Waals surface area contributed by atoms with Crippen LogP contribution in [-0.2, 0) is 6.42 Å². The van der Waals surface area contributed by atoms with Gasteiger partial charge in [-0.05, 0) is 37.3 Å². The molecule has 0 amide bonds. The van der Waals surface area contributed by atoms with Gasteiger partial charge in [0.2, 0.25) is 0 Å². The van der Waals surface area contributed by atoms with Gasteiger partial charge in [-0.3, -0.25) is 4.90 Å². The molecule has 2 atom stereocenters. The number of hydrogen-bond donors (Lipinski definition) is 1. The van der Waals surface area contributed by atoms with E-state index in [9.17, 15) is 0 Å². The summed E-state index contributed by atoms with van der Waals surface area (Å²) < 4.78 is 0. The minimum Gasteiger partial charge on any atom is -0.305 e. The molecule has 0 spiro atoms. The molecule has 1 aromatic heterocycles. The molecule has 17 heavy (non-hydrogen) atoms. The zero-order valence-corrected chi connectivity index (χ0v) is 11.4. The SMILES string of the molecule is C#CCNCC(C)N1CCc2sccc2C1C. The molecule has 2 heterocycles. The first kappa shape index (κ1) is 12.6. The first-order valence-electron chi connectivity index (χ1n) is 6.20. The van der Waals surface area contributed by atoms with E-state index in [1.165, 1.54) is 12.0 Å². The topological polar surface area (TPSA) is 15.3 Å². The van der Waals surface area contributed by atoms with Crippen LogP contribution in [0.25, 0.3) is 0 Å². The Morgan fingerprint density at radius 2 is 2.53 bits per heavy atom. The van der Waals surface area contributed by atoms with Gasteiger partial charge >= 0.3 is 0 Å². The van der Waals surface area contributed by atoms with Gasteiger partial charge in [0.15, 0.2) is 0 Å². The van der Waals surface area contributed by atoms with Crippen molar-refractivity contribution >= 4 is 11.3 Å². The van der Waals surface area contributed by atoms with Gasteiger partial charge < -0.3 is 5.32 Å². The fourth-order valence-corrected chi connectivity index (χ4v) is 3.56. The molecule has 92 valence electrons.